The largest absolute Gasteiger partial charge is 0.493 e. The standard InChI is InChI=1S/C26H27F3N8O3/c27-13-10-26(4-1-7-37(26)11-13)12-39-25-34-19-17(29)16(14-2-3-15(28)21-18(14)33-24(30)40-21)23(38)32-20(19)22(35-25)36-8-5-31-6-9-36/h2-3,13,31H,1,4-12H2,(H2,30,33)(H,32,38)/t13-,26+/m1/s1. The fourth-order valence-corrected chi connectivity index (χ4v) is 6.30. The van der Waals surface area contributed by atoms with Crippen LogP contribution < -0.4 is 20.7 Å². The summed E-state index contributed by atoms with van der Waals surface area (Å²) in [4.78, 5) is 21.3. The Morgan fingerprint density at radius 3 is 2.75 bits per heavy atom. The molecule has 0 bridgehead atoms. The first kappa shape index (κ1) is 25.1. The number of halogens is 3. The predicted molar refractivity (Wildman–Crippen MR) is 140 cm³/mol. The minimum Gasteiger partial charge on any atom is -0.493 e. The molecule has 11 nitrogen and oxygen atoms in total. The van der Waals surface area contributed by atoms with Crippen molar-refractivity contribution in [1.29, 1.82) is 0 Å². The quantitative estimate of drug-likeness (QED) is 0.334. The number of hydrogen-bond donors (Lipinski definition) is 3. The van der Waals surface area contributed by atoms with Gasteiger partial charge in [-0.2, -0.15) is 15.0 Å². The highest BCUT2D eigenvalue weighted by Crippen LogP contribution is 2.42. The topological polar surface area (TPSA) is 139 Å². The van der Waals surface area contributed by atoms with Crippen molar-refractivity contribution >= 4 is 34.0 Å². The van der Waals surface area contributed by atoms with E-state index in [1.165, 1.54) is 6.07 Å². The molecule has 4 N–H and O–H groups in total. The minimum atomic E-state index is -0.928. The van der Waals surface area contributed by atoms with Crippen LogP contribution in [-0.2, 0) is 0 Å². The van der Waals surface area contributed by atoms with Crippen molar-refractivity contribution in [3.05, 3.63) is 23.8 Å². The summed E-state index contributed by atoms with van der Waals surface area (Å²) in [5, 5.41) is 14.2. The van der Waals surface area contributed by atoms with E-state index in [-0.39, 0.29) is 51.9 Å². The summed E-state index contributed by atoms with van der Waals surface area (Å²) >= 11 is 0. The van der Waals surface area contributed by atoms with Crippen LogP contribution >= 0.6 is 0 Å². The molecular formula is C26H27F3N8O3. The molecule has 3 fully saturated rings. The first-order valence-corrected chi connectivity index (χ1v) is 13.3. The number of anilines is 2. The Bertz CT molecular complexity index is 1630. The maximum atomic E-state index is 16.4. The summed E-state index contributed by atoms with van der Waals surface area (Å²) in [6.45, 7) is 3.81. The summed E-state index contributed by atoms with van der Waals surface area (Å²) in [6, 6.07) is 1.95. The number of piperazine rings is 1. The highest BCUT2D eigenvalue weighted by atomic mass is 19.1. The minimum absolute atomic E-state index is 0.0338. The molecule has 210 valence electrons. The van der Waals surface area contributed by atoms with Gasteiger partial charge in [-0.25, -0.2) is 18.2 Å². The zero-order chi connectivity index (χ0) is 27.6. The number of ether oxygens (including phenoxy) is 1. The Labute approximate surface area is 226 Å². The number of aromatic hydroxyl groups is 1. The zero-order valence-electron chi connectivity index (χ0n) is 21.5. The Balaban J connectivity index is 1.36. The maximum Gasteiger partial charge on any atom is 0.319 e. The summed E-state index contributed by atoms with van der Waals surface area (Å²) < 4.78 is 56.2. The molecule has 0 saturated carbocycles. The van der Waals surface area contributed by atoms with Crippen LogP contribution in [0.15, 0.2) is 16.5 Å². The number of nitrogen functional groups attached to an aromatic ring is 1. The van der Waals surface area contributed by atoms with Crippen molar-refractivity contribution in [2.75, 3.05) is 56.5 Å². The number of hydrogen-bond acceptors (Lipinski definition) is 11. The van der Waals surface area contributed by atoms with E-state index in [0.717, 1.165) is 25.5 Å². The van der Waals surface area contributed by atoms with Gasteiger partial charge in [-0.3, -0.25) is 4.90 Å². The van der Waals surface area contributed by atoms with E-state index in [1.807, 2.05) is 4.90 Å². The predicted octanol–water partition coefficient (Wildman–Crippen LogP) is 2.76. The third kappa shape index (κ3) is 3.96. The van der Waals surface area contributed by atoms with E-state index in [4.69, 9.17) is 14.9 Å². The van der Waals surface area contributed by atoms with Gasteiger partial charge in [0.15, 0.2) is 23.0 Å². The Morgan fingerprint density at radius 2 is 1.93 bits per heavy atom. The highest BCUT2D eigenvalue weighted by molar-refractivity contribution is 5.98. The molecule has 3 saturated heterocycles. The molecule has 3 aliphatic heterocycles. The van der Waals surface area contributed by atoms with Crippen LogP contribution in [0.2, 0.25) is 0 Å². The van der Waals surface area contributed by atoms with E-state index in [2.05, 4.69) is 30.2 Å². The van der Waals surface area contributed by atoms with Gasteiger partial charge in [0.25, 0.3) is 6.01 Å². The SMILES string of the molecule is Nc1nc2c(-c3c(O)nc4c(N5CCNCC5)nc(OC[C@@]56CCCN5C[C@H](F)C6)nc4c3F)ccc(F)c2o1. The van der Waals surface area contributed by atoms with E-state index in [1.54, 1.807) is 0 Å². The van der Waals surface area contributed by atoms with Crippen molar-refractivity contribution in [3.8, 4) is 23.0 Å². The smallest absolute Gasteiger partial charge is 0.319 e. The monoisotopic (exact) mass is 556 g/mol. The number of nitrogens with one attached hydrogen (secondary N) is 1. The van der Waals surface area contributed by atoms with E-state index < -0.39 is 29.2 Å². The van der Waals surface area contributed by atoms with Gasteiger partial charge in [0.2, 0.25) is 5.88 Å². The third-order valence-corrected chi connectivity index (χ3v) is 8.14. The van der Waals surface area contributed by atoms with Gasteiger partial charge >= 0.3 is 6.01 Å². The van der Waals surface area contributed by atoms with Crippen LogP contribution in [0, 0.1) is 11.6 Å². The lowest BCUT2D eigenvalue weighted by Gasteiger charge is -2.31. The van der Waals surface area contributed by atoms with E-state index in [9.17, 15) is 13.9 Å². The highest BCUT2D eigenvalue weighted by Gasteiger charge is 2.49. The lowest BCUT2D eigenvalue weighted by Crippen LogP contribution is -2.44. The number of nitrogens with zero attached hydrogens (tertiary/aromatic N) is 6. The van der Waals surface area contributed by atoms with Gasteiger partial charge in [-0.05, 0) is 31.5 Å². The van der Waals surface area contributed by atoms with Crippen molar-refractivity contribution in [1.82, 2.24) is 30.2 Å². The van der Waals surface area contributed by atoms with Gasteiger partial charge in [0, 0.05) is 44.7 Å². The summed E-state index contributed by atoms with van der Waals surface area (Å²) in [7, 11) is 0. The van der Waals surface area contributed by atoms with Crippen molar-refractivity contribution in [3.63, 3.8) is 0 Å². The van der Waals surface area contributed by atoms with E-state index >= 15 is 4.39 Å². The Morgan fingerprint density at radius 1 is 1.10 bits per heavy atom. The molecule has 3 aliphatic rings. The van der Waals surface area contributed by atoms with Crippen LogP contribution in [0.5, 0.6) is 11.9 Å². The second kappa shape index (κ2) is 9.34. The average molecular weight is 557 g/mol. The third-order valence-electron chi connectivity index (χ3n) is 8.14. The molecule has 1 aromatic carbocycles. The van der Waals surface area contributed by atoms with Crippen LogP contribution in [0.1, 0.15) is 19.3 Å². The van der Waals surface area contributed by atoms with Gasteiger partial charge in [-0.1, -0.05) is 0 Å². The molecular weight excluding hydrogens is 529 g/mol. The molecule has 0 spiro atoms. The molecule has 6 heterocycles. The van der Waals surface area contributed by atoms with Crippen molar-refractivity contribution < 1.29 is 27.4 Å². The fraction of sp³-hybridized carbons (Fsp3) is 0.462. The normalized spacial score (nSPS) is 23.4. The van der Waals surface area contributed by atoms with Crippen LogP contribution in [0.25, 0.3) is 33.3 Å². The first-order chi connectivity index (χ1) is 19.3. The summed E-state index contributed by atoms with van der Waals surface area (Å²) in [5.74, 6) is -1.98. The maximum absolute atomic E-state index is 16.4. The molecule has 4 aromatic rings. The van der Waals surface area contributed by atoms with Gasteiger partial charge < -0.3 is 30.2 Å². The number of pyridine rings is 1. The molecule has 3 aromatic heterocycles. The second-order valence-corrected chi connectivity index (χ2v) is 10.6. The number of oxazole rings is 1. The average Bonchev–Trinajstić information content (AvgIpc) is 3.61. The number of benzene rings is 1. The molecule has 0 aliphatic carbocycles. The molecule has 0 radical (unpaired) electrons. The molecule has 14 heteroatoms. The molecule has 40 heavy (non-hydrogen) atoms. The van der Waals surface area contributed by atoms with Gasteiger partial charge in [0.1, 0.15) is 29.3 Å². The van der Waals surface area contributed by atoms with Crippen LogP contribution in [0.4, 0.5) is 25.0 Å². The Hall–Kier alpha value is -3.91. The summed E-state index contributed by atoms with van der Waals surface area (Å²) in [5.41, 5.74) is 4.41. The number of nitrogens with two attached hydrogens (primary N) is 1. The van der Waals surface area contributed by atoms with Gasteiger partial charge in [0.05, 0.1) is 11.1 Å². The molecule has 0 amide bonds. The fourth-order valence-electron chi connectivity index (χ4n) is 6.30. The summed E-state index contributed by atoms with van der Waals surface area (Å²) in [6.07, 6.45) is 1.17. The second-order valence-electron chi connectivity index (χ2n) is 10.6. The molecule has 7 rings (SSSR count). The van der Waals surface area contributed by atoms with Crippen molar-refractivity contribution in [2.45, 2.75) is 31.0 Å². The molecule has 0 unspecified atom stereocenters. The number of rotatable bonds is 5. The number of aromatic nitrogens is 4. The van der Waals surface area contributed by atoms with Crippen LogP contribution in [0.3, 0.4) is 0 Å². The first-order valence-electron chi connectivity index (χ1n) is 13.3. The number of fused-ring (bicyclic) bond motifs is 3. The zero-order valence-corrected chi connectivity index (χ0v) is 21.5. The van der Waals surface area contributed by atoms with Gasteiger partial charge in [-0.15, -0.1) is 0 Å². The lowest BCUT2D eigenvalue weighted by molar-refractivity contribution is 0.107. The lowest BCUT2D eigenvalue weighted by atomic mass is 9.95. The van der Waals surface area contributed by atoms with Crippen molar-refractivity contribution in [2.24, 2.45) is 0 Å². The molecule has 2 atom stereocenters. The number of alkyl halides is 1. The van der Waals surface area contributed by atoms with Crippen LogP contribution in [-0.4, -0.2) is 87.5 Å². The van der Waals surface area contributed by atoms with E-state index in [0.29, 0.717) is 45.0 Å². The Kier molecular flexibility index (Phi) is 5.85.